The number of nitrogens with zero attached hydrogens (tertiary/aromatic N) is 1. The summed E-state index contributed by atoms with van der Waals surface area (Å²) in [7, 11) is 0. The molecular formula is C7H16N2OS. The van der Waals surface area contributed by atoms with Crippen molar-refractivity contribution in [3.8, 4) is 0 Å². The highest BCUT2D eigenvalue weighted by molar-refractivity contribution is 7.97. The van der Waals surface area contributed by atoms with Crippen molar-refractivity contribution in [3.63, 3.8) is 0 Å². The summed E-state index contributed by atoms with van der Waals surface area (Å²) < 4.78 is 0. The first-order chi connectivity index (χ1) is 5.33. The van der Waals surface area contributed by atoms with E-state index in [1.165, 1.54) is 11.9 Å². The van der Waals surface area contributed by atoms with Crippen molar-refractivity contribution in [1.29, 1.82) is 0 Å². The zero-order chi connectivity index (χ0) is 8.10. The van der Waals surface area contributed by atoms with Gasteiger partial charge >= 0.3 is 0 Å². The van der Waals surface area contributed by atoms with Gasteiger partial charge in [-0.05, 0) is 19.4 Å². The SMILES string of the molecule is NSCCN1CCC[C@H](O)C1. The molecule has 0 radical (unpaired) electrons. The zero-order valence-electron chi connectivity index (χ0n) is 6.70. The summed E-state index contributed by atoms with van der Waals surface area (Å²) in [5, 5.41) is 14.6. The van der Waals surface area contributed by atoms with Crippen molar-refractivity contribution in [1.82, 2.24) is 4.90 Å². The second-order valence-electron chi connectivity index (χ2n) is 2.97. The third-order valence-corrected chi connectivity index (χ3v) is 2.42. The quantitative estimate of drug-likeness (QED) is 0.597. The molecule has 0 saturated carbocycles. The lowest BCUT2D eigenvalue weighted by Gasteiger charge is -2.29. The molecule has 0 aliphatic carbocycles. The van der Waals surface area contributed by atoms with Crippen LogP contribution in [0.4, 0.5) is 0 Å². The summed E-state index contributed by atoms with van der Waals surface area (Å²) in [4.78, 5) is 2.27. The Morgan fingerprint density at radius 3 is 3.09 bits per heavy atom. The molecule has 0 aromatic rings. The number of hydrogen-bond donors (Lipinski definition) is 2. The summed E-state index contributed by atoms with van der Waals surface area (Å²) in [5.74, 6) is 0.965. The molecule has 0 aromatic carbocycles. The van der Waals surface area contributed by atoms with Crippen molar-refractivity contribution < 1.29 is 5.11 Å². The average Bonchev–Trinajstić information content (AvgIpc) is 2.01. The molecule has 0 aromatic heterocycles. The van der Waals surface area contributed by atoms with Crippen LogP contribution in [0, 0.1) is 0 Å². The number of hydrogen-bond acceptors (Lipinski definition) is 4. The van der Waals surface area contributed by atoms with Gasteiger partial charge in [0.1, 0.15) is 0 Å². The molecule has 66 valence electrons. The second kappa shape index (κ2) is 4.98. The number of nitrogens with two attached hydrogens (primary N) is 1. The molecule has 4 heteroatoms. The molecule has 1 atom stereocenters. The van der Waals surface area contributed by atoms with Crippen molar-refractivity contribution >= 4 is 11.9 Å². The van der Waals surface area contributed by atoms with E-state index in [1.807, 2.05) is 0 Å². The van der Waals surface area contributed by atoms with Gasteiger partial charge in [0, 0.05) is 18.8 Å². The minimum absolute atomic E-state index is 0.105. The van der Waals surface area contributed by atoms with E-state index in [0.29, 0.717) is 0 Å². The van der Waals surface area contributed by atoms with E-state index in [0.717, 1.165) is 38.2 Å². The summed E-state index contributed by atoms with van der Waals surface area (Å²) in [6.45, 7) is 2.97. The maximum absolute atomic E-state index is 9.30. The first-order valence-electron chi connectivity index (χ1n) is 4.05. The first kappa shape index (κ1) is 9.32. The lowest BCUT2D eigenvalue weighted by atomic mass is 10.1. The van der Waals surface area contributed by atoms with E-state index in [-0.39, 0.29) is 6.10 Å². The van der Waals surface area contributed by atoms with Crippen LogP contribution >= 0.6 is 11.9 Å². The maximum atomic E-state index is 9.30. The molecule has 1 aliphatic heterocycles. The minimum atomic E-state index is -0.105. The van der Waals surface area contributed by atoms with Gasteiger partial charge in [-0.2, -0.15) is 0 Å². The topological polar surface area (TPSA) is 49.5 Å². The summed E-state index contributed by atoms with van der Waals surface area (Å²) in [6, 6.07) is 0. The van der Waals surface area contributed by atoms with E-state index in [9.17, 15) is 5.11 Å². The van der Waals surface area contributed by atoms with Gasteiger partial charge in [-0.3, -0.25) is 10.0 Å². The van der Waals surface area contributed by atoms with E-state index in [4.69, 9.17) is 5.14 Å². The van der Waals surface area contributed by atoms with Gasteiger partial charge in [0.25, 0.3) is 0 Å². The first-order valence-corrected chi connectivity index (χ1v) is 5.10. The Bertz CT molecular complexity index is 113. The Kier molecular flexibility index (Phi) is 4.22. The fraction of sp³-hybridized carbons (Fsp3) is 1.00. The third-order valence-electron chi connectivity index (χ3n) is 2.01. The Labute approximate surface area is 72.1 Å². The van der Waals surface area contributed by atoms with Crippen LogP contribution in [0.5, 0.6) is 0 Å². The van der Waals surface area contributed by atoms with Crippen LogP contribution in [0.1, 0.15) is 12.8 Å². The van der Waals surface area contributed by atoms with Crippen LogP contribution in [0.25, 0.3) is 0 Å². The fourth-order valence-corrected chi connectivity index (χ4v) is 1.78. The minimum Gasteiger partial charge on any atom is -0.392 e. The van der Waals surface area contributed by atoms with E-state index in [1.54, 1.807) is 0 Å². The van der Waals surface area contributed by atoms with Crippen LogP contribution < -0.4 is 5.14 Å². The van der Waals surface area contributed by atoms with Crippen LogP contribution in [0.15, 0.2) is 0 Å². The number of aliphatic hydroxyl groups excluding tert-OH is 1. The molecule has 0 unspecified atom stereocenters. The molecule has 3 nitrogen and oxygen atoms in total. The lowest BCUT2D eigenvalue weighted by Crippen LogP contribution is -2.39. The molecule has 1 fully saturated rings. The molecule has 1 rings (SSSR count). The Hall–Kier alpha value is 0.230. The second-order valence-corrected chi connectivity index (χ2v) is 3.71. The van der Waals surface area contributed by atoms with Gasteiger partial charge in [-0.1, -0.05) is 11.9 Å². The third kappa shape index (κ3) is 3.42. The molecule has 11 heavy (non-hydrogen) atoms. The number of rotatable bonds is 3. The van der Waals surface area contributed by atoms with Crippen LogP contribution in [-0.4, -0.2) is 41.5 Å². The Morgan fingerprint density at radius 2 is 2.45 bits per heavy atom. The normalized spacial score (nSPS) is 27.3. The Morgan fingerprint density at radius 1 is 1.64 bits per heavy atom. The summed E-state index contributed by atoms with van der Waals surface area (Å²) in [5.41, 5.74) is 0. The van der Waals surface area contributed by atoms with Crippen molar-refractivity contribution in [2.24, 2.45) is 5.14 Å². The van der Waals surface area contributed by atoms with Crippen molar-refractivity contribution in [2.45, 2.75) is 18.9 Å². The summed E-state index contributed by atoms with van der Waals surface area (Å²) >= 11 is 1.37. The zero-order valence-corrected chi connectivity index (χ0v) is 7.52. The number of aliphatic hydroxyl groups is 1. The molecule has 1 aliphatic rings. The molecule has 3 N–H and O–H groups in total. The fourth-order valence-electron chi connectivity index (χ4n) is 1.42. The summed E-state index contributed by atoms with van der Waals surface area (Å²) in [6.07, 6.45) is 1.98. The van der Waals surface area contributed by atoms with Gasteiger partial charge in [0.05, 0.1) is 6.10 Å². The lowest BCUT2D eigenvalue weighted by molar-refractivity contribution is 0.0743. The van der Waals surface area contributed by atoms with Gasteiger partial charge in [-0.15, -0.1) is 0 Å². The van der Waals surface area contributed by atoms with E-state index >= 15 is 0 Å². The predicted octanol–water partition coefficient (Wildman–Crippen LogP) is 0.0500. The van der Waals surface area contributed by atoms with E-state index in [2.05, 4.69) is 4.90 Å². The standard InChI is InChI=1S/C7H16N2OS/c8-11-5-4-9-3-1-2-7(10)6-9/h7,10H,1-6,8H2/t7-/m0/s1. The van der Waals surface area contributed by atoms with Crippen LogP contribution in [-0.2, 0) is 0 Å². The average molecular weight is 176 g/mol. The molecule has 1 saturated heterocycles. The molecule has 0 amide bonds. The maximum Gasteiger partial charge on any atom is 0.0667 e. The van der Waals surface area contributed by atoms with Crippen LogP contribution in [0.2, 0.25) is 0 Å². The van der Waals surface area contributed by atoms with Crippen LogP contribution in [0.3, 0.4) is 0 Å². The van der Waals surface area contributed by atoms with Gasteiger partial charge in [-0.25, -0.2) is 0 Å². The van der Waals surface area contributed by atoms with E-state index < -0.39 is 0 Å². The highest BCUT2D eigenvalue weighted by Gasteiger charge is 2.16. The molecule has 1 heterocycles. The molecular weight excluding hydrogens is 160 g/mol. The molecule has 0 bridgehead atoms. The predicted molar refractivity (Wildman–Crippen MR) is 48.3 cm³/mol. The number of piperidine rings is 1. The van der Waals surface area contributed by atoms with Gasteiger partial charge in [0.15, 0.2) is 0 Å². The number of likely N-dealkylation sites (tertiary alicyclic amines) is 1. The monoisotopic (exact) mass is 176 g/mol. The smallest absolute Gasteiger partial charge is 0.0667 e. The van der Waals surface area contributed by atoms with Gasteiger partial charge < -0.3 is 5.11 Å². The van der Waals surface area contributed by atoms with Crippen molar-refractivity contribution in [3.05, 3.63) is 0 Å². The largest absolute Gasteiger partial charge is 0.392 e. The van der Waals surface area contributed by atoms with Crippen molar-refractivity contribution in [2.75, 3.05) is 25.4 Å². The highest BCUT2D eigenvalue weighted by Crippen LogP contribution is 2.09. The highest BCUT2D eigenvalue weighted by atomic mass is 32.2. The van der Waals surface area contributed by atoms with Gasteiger partial charge in [0.2, 0.25) is 0 Å². The number of β-amino-alcohol motifs (C(OH)–C–C–N with tert-alkyl or cyclic N) is 1. The Balaban J connectivity index is 2.12. The molecule has 0 spiro atoms.